The van der Waals surface area contributed by atoms with Gasteiger partial charge in [-0.2, -0.15) is 0 Å². The maximum absolute atomic E-state index is 14.4. The number of anilines is 1. The number of aromatic nitrogens is 2. The molecule has 236 valence electrons. The summed E-state index contributed by atoms with van der Waals surface area (Å²) in [4.78, 5) is 29.1. The van der Waals surface area contributed by atoms with Crippen LogP contribution in [0.3, 0.4) is 0 Å². The lowest BCUT2D eigenvalue weighted by Crippen LogP contribution is -2.42. The molecule has 8 nitrogen and oxygen atoms in total. The molecule has 0 bridgehead atoms. The van der Waals surface area contributed by atoms with Crippen LogP contribution in [0.1, 0.15) is 83.5 Å². The number of carbonyl (C=O) groups is 1. The number of ether oxygens (including phenoxy) is 1. The second-order valence-electron chi connectivity index (χ2n) is 13.3. The van der Waals surface area contributed by atoms with Gasteiger partial charge in [0.1, 0.15) is 17.9 Å². The SMILES string of the molecule is CCSNC1CCC2(CC1)CCN(C[C@@H]1CCN(c3ncncc3Oc3ccc(F)cc3C(=O)N(C(C)C)C(C)C)C1)C2. The number of benzene rings is 1. The van der Waals surface area contributed by atoms with Crippen LogP contribution in [0.2, 0.25) is 0 Å². The van der Waals surface area contributed by atoms with Gasteiger partial charge in [0.15, 0.2) is 11.6 Å². The summed E-state index contributed by atoms with van der Waals surface area (Å²) in [5.74, 6) is 2.47. The van der Waals surface area contributed by atoms with Gasteiger partial charge in [-0.1, -0.05) is 18.9 Å². The van der Waals surface area contributed by atoms with E-state index in [1.807, 2.05) is 39.6 Å². The van der Waals surface area contributed by atoms with Crippen molar-refractivity contribution in [1.82, 2.24) is 24.5 Å². The molecule has 2 aliphatic heterocycles. The quantitative estimate of drug-likeness (QED) is 0.293. The number of rotatable bonds is 11. The van der Waals surface area contributed by atoms with Crippen LogP contribution in [0.4, 0.5) is 10.2 Å². The van der Waals surface area contributed by atoms with Crippen molar-refractivity contribution < 1.29 is 13.9 Å². The summed E-state index contributed by atoms with van der Waals surface area (Å²) < 4.78 is 24.3. The zero-order valence-electron chi connectivity index (χ0n) is 26.5. The van der Waals surface area contributed by atoms with Crippen LogP contribution in [0, 0.1) is 17.2 Å². The molecule has 1 spiro atoms. The summed E-state index contributed by atoms with van der Waals surface area (Å²) in [5.41, 5.74) is 0.708. The average molecular weight is 613 g/mol. The van der Waals surface area contributed by atoms with Crippen molar-refractivity contribution in [2.45, 2.75) is 91.3 Å². The van der Waals surface area contributed by atoms with E-state index in [9.17, 15) is 9.18 Å². The highest BCUT2D eigenvalue weighted by Crippen LogP contribution is 2.44. The smallest absolute Gasteiger partial charge is 0.258 e. The van der Waals surface area contributed by atoms with Crippen LogP contribution in [0.15, 0.2) is 30.7 Å². The molecule has 1 amide bonds. The summed E-state index contributed by atoms with van der Waals surface area (Å²) in [6.45, 7) is 15.4. The highest BCUT2D eigenvalue weighted by atomic mass is 32.2. The minimum atomic E-state index is -0.473. The van der Waals surface area contributed by atoms with Gasteiger partial charge in [0, 0.05) is 50.1 Å². The number of carbonyl (C=O) groups excluding carboxylic acids is 1. The van der Waals surface area contributed by atoms with E-state index in [1.54, 1.807) is 17.4 Å². The van der Waals surface area contributed by atoms with Gasteiger partial charge < -0.3 is 19.4 Å². The number of nitrogens with zero attached hydrogens (tertiary/aromatic N) is 5. The lowest BCUT2D eigenvalue weighted by molar-refractivity contribution is 0.0640. The van der Waals surface area contributed by atoms with Crippen molar-refractivity contribution in [3.63, 3.8) is 0 Å². The van der Waals surface area contributed by atoms with Crippen LogP contribution >= 0.6 is 11.9 Å². The molecule has 2 saturated heterocycles. The first-order valence-corrected chi connectivity index (χ1v) is 17.1. The Hall–Kier alpha value is -2.43. The van der Waals surface area contributed by atoms with Gasteiger partial charge in [0.2, 0.25) is 0 Å². The molecule has 1 aromatic heterocycles. The second kappa shape index (κ2) is 14.1. The van der Waals surface area contributed by atoms with Crippen LogP contribution < -0.4 is 14.4 Å². The molecule has 0 radical (unpaired) electrons. The third kappa shape index (κ3) is 7.63. The Labute approximate surface area is 261 Å². The van der Waals surface area contributed by atoms with Crippen molar-refractivity contribution >= 4 is 23.7 Å². The van der Waals surface area contributed by atoms with Crippen LogP contribution in [0.25, 0.3) is 0 Å². The lowest BCUT2D eigenvalue weighted by Gasteiger charge is -2.37. The molecule has 3 aliphatic rings. The topological polar surface area (TPSA) is 73.8 Å². The first kappa shape index (κ1) is 32.0. The van der Waals surface area contributed by atoms with Gasteiger partial charge in [-0.25, -0.2) is 14.4 Å². The Morgan fingerprint density at radius 1 is 1.14 bits per heavy atom. The molecule has 1 saturated carbocycles. The molecular weight excluding hydrogens is 563 g/mol. The van der Waals surface area contributed by atoms with Crippen molar-refractivity contribution in [3.05, 3.63) is 42.1 Å². The lowest BCUT2D eigenvalue weighted by atomic mass is 9.72. The molecule has 1 N–H and O–H groups in total. The normalized spacial score (nSPS) is 24.4. The Kier molecular flexibility index (Phi) is 10.5. The predicted octanol–water partition coefficient (Wildman–Crippen LogP) is 6.39. The fraction of sp³-hybridized carbons (Fsp3) is 0.667. The third-order valence-electron chi connectivity index (χ3n) is 9.46. The van der Waals surface area contributed by atoms with Gasteiger partial charge in [0.05, 0.1) is 11.8 Å². The molecule has 1 aromatic carbocycles. The molecule has 3 heterocycles. The highest BCUT2D eigenvalue weighted by Gasteiger charge is 2.41. The van der Waals surface area contributed by atoms with Gasteiger partial charge in [-0.15, -0.1) is 0 Å². The van der Waals surface area contributed by atoms with E-state index in [2.05, 4.69) is 31.4 Å². The Balaban J connectivity index is 1.22. The predicted molar refractivity (Wildman–Crippen MR) is 172 cm³/mol. The number of amides is 1. The van der Waals surface area contributed by atoms with Crippen molar-refractivity contribution in [2.24, 2.45) is 11.3 Å². The fourth-order valence-electron chi connectivity index (χ4n) is 7.38. The maximum Gasteiger partial charge on any atom is 0.258 e. The van der Waals surface area contributed by atoms with E-state index in [-0.39, 0.29) is 23.6 Å². The summed E-state index contributed by atoms with van der Waals surface area (Å²) in [6, 6.07) is 4.71. The number of hydrogen-bond acceptors (Lipinski definition) is 8. The monoisotopic (exact) mass is 612 g/mol. The van der Waals surface area contributed by atoms with E-state index < -0.39 is 5.82 Å². The molecule has 3 fully saturated rings. The van der Waals surface area contributed by atoms with Gasteiger partial charge in [-0.3, -0.25) is 9.52 Å². The van der Waals surface area contributed by atoms with Gasteiger partial charge >= 0.3 is 0 Å². The van der Waals surface area contributed by atoms with Crippen molar-refractivity contribution in [3.8, 4) is 11.5 Å². The Bertz CT molecular complexity index is 1230. The standard InChI is InChI=1S/C33H49FN6O2S/c1-6-43-37-27-9-12-33(13-10-27)14-16-38(21-33)19-25-11-15-39(20-25)31-30(18-35-22-36-31)42-29-8-7-26(34)17-28(29)32(41)40(23(2)3)24(4)5/h7-8,17-18,22-25,27,37H,6,9-16,19-21H2,1-5H3/t25-,27?,33?/m0/s1. The minimum absolute atomic E-state index is 0.0387. The zero-order chi connectivity index (χ0) is 30.6. The first-order valence-electron chi connectivity index (χ1n) is 16.1. The van der Waals surface area contributed by atoms with Crippen LogP contribution in [0.5, 0.6) is 11.5 Å². The number of halogens is 1. The van der Waals surface area contributed by atoms with E-state index in [0.717, 1.165) is 37.6 Å². The third-order valence-corrected chi connectivity index (χ3v) is 10.2. The van der Waals surface area contributed by atoms with Crippen molar-refractivity contribution in [1.29, 1.82) is 0 Å². The van der Waals surface area contributed by atoms with Gasteiger partial charge in [0.25, 0.3) is 5.91 Å². The molecule has 1 atom stereocenters. The molecule has 10 heteroatoms. The number of likely N-dealkylation sites (tertiary alicyclic amines) is 1. The fourth-order valence-corrected chi connectivity index (χ4v) is 8.02. The number of hydrogen-bond donors (Lipinski definition) is 1. The van der Waals surface area contributed by atoms with E-state index in [4.69, 9.17) is 4.74 Å². The van der Waals surface area contributed by atoms with E-state index in [0.29, 0.717) is 28.9 Å². The molecular formula is C33H49FN6O2S. The summed E-state index contributed by atoms with van der Waals surface area (Å²) >= 11 is 1.86. The van der Waals surface area contributed by atoms with E-state index >= 15 is 0 Å². The minimum Gasteiger partial charge on any atom is -0.451 e. The van der Waals surface area contributed by atoms with E-state index in [1.165, 1.54) is 63.4 Å². The summed E-state index contributed by atoms with van der Waals surface area (Å²) in [6.07, 6.45) is 10.9. The largest absolute Gasteiger partial charge is 0.451 e. The zero-order valence-corrected chi connectivity index (χ0v) is 27.3. The Morgan fingerprint density at radius 2 is 1.91 bits per heavy atom. The van der Waals surface area contributed by atoms with Crippen molar-refractivity contribution in [2.75, 3.05) is 43.4 Å². The maximum atomic E-state index is 14.4. The number of nitrogens with one attached hydrogen (secondary N) is 1. The van der Waals surface area contributed by atoms with Crippen LogP contribution in [-0.2, 0) is 0 Å². The molecule has 43 heavy (non-hydrogen) atoms. The molecule has 1 aliphatic carbocycles. The van der Waals surface area contributed by atoms with Gasteiger partial charge in [-0.05, 0) is 102 Å². The Morgan fingerprint density at radius 3 is 2.63 bits per heavy atom. The molecule has 5 rings (SSSR count). The second-order valence-corrected chi connectivity index (χ2v) is 14.4. The molecule has 2 aromatic rings. The highest BCUT2D eigenvalue weighted by molar-refractivity contribution is 7.97. The average Bonchev–Trinajstić information content (AvgIpc) is 3.61. The van der Waals surface area contributed by atoms with Crippen LogP contribution in [-0.4, -0.2) is 82.3 Å². The summed E-state index contributed by atoms with van der Waals surface area (Å²) in [5, 5.41) is 0. The summed E-state index contributed by atoms with van der Waals surface area (Å²) in [7, 11) is 0. The first-order chi connectivity index (χ1) is 20.7. The molecule has 0 unspecified atom stereocenters.